The van der Waals surface area contributed by atoms with Crippen LogP contribution < -0.4 is 0 Å². The van der Waals surface area contributed by atoms with Gasteiger partial charge in [0.15, 0.2) is 11.0 Å². The summed E-state index contributed by atoms with van der Waals surface area (Å²) in [7, 11) is 0. The fourth-order valence-electron chi connectivity index (χ4n) is 1.91. The van der Waals surface area contributed by atoms with Crippen molar-refractivity contribution in [2.75, 3.05) is 5.75 Å². The number of phenolic OH excluding ortho intramolecular Hbond substituents is 1. The molecule has 0 amide bonds. The number of carboxylic acids is 1. The first-order chi connectivity index (χ1) is 10.0. The molecule has 0 fully saturated rings. The Morgan fingerprint density at radius 3 is 2.76 bits per heavy atom. The van der Waals surface area contributed by atoms with Gasteiger partial charge in [0.05, 0.1) is 5.75 Å². The first-order valence-electron chi connectivity index (χ1n) is 6.60. The lowest BCUT2D eigenvalue weighted by Gasteiger charge is -2.09. The predicted octanol–water partition coefficient (Wildman–Crippen LogP) is 2.55. The van der Waals surface area contributed by atoms with E-state index in [-0.39, 0.29) is 11.5 Å². The number of nitrogens with zero attached hydrogens (tertiary/aromatic N) is 3. The van der Waals surface area contributed by atoms with Crippen molar-refractivity contribution < 1.29 is 15.0 Å². The molecule has 0 aliphatic carbocycles. The Hall–Kier alpha value is -2.02. The van der Waals surface area contributed by atoms with E-state index in [4.69, 9.17) is 5.11 Å². The highest BCUT2D eigenvalue weighted by atomic mass is 32.2. The Kier molecular flexibility index (Phi) is 4.85. The lowest BCUT2D eigenvalue weighted by atomic mass is 10.1. The van der Waals surface area contributed by atoms with Crippen molar-refractivity contribution in [2.24, 2.45) is 0 Å². The second-order valence-electron chi connectivity index (χ2n) is 4.64. The molecule has 2 rings (SSSR count). The summed E-state index contributed by atoms with van der Waals surface area (Å²) >= 11 is 1.15. The third-order valence-electron chi connectivity index (χ3n) is 2.96. The average molecular weight is 307 g/mol. The van der Waals surface area contributed by atoms with Crippen LogP contribution >= 0.6 is 11.8 Å². The number of aromatic nitrogens is 3. The molecular formula is C14H17N3O3S. The van der Waals surface area contributed by atoms with Gasteiger partial charge in [0.25, 0.3) is 0 Å². The van der Waals surface area contributed by atoms with Crippen LogP contribution in [0.3, 0.4) is 0 Å². The van der Waals surface area contributed by atoms with Gasteiger partial charge in [-0.25, -0.2) is 0 Å². The number of benzene rings is 1. The number of hydrogen-bond acceptors (Lipinski definition) is 5. The number of rotatable bonds is 6. The van der Waals surface area contributed by atoms with Gasteiger partial charge in [-0.3, -0.25) is 4.79 Å². The molecule has 0 saturated heterocycles. The number of aromatic hydroxyl groups is 1. The Morgan fingerprint density at radius 2 is 2.14 bits per heavy atom. The van der Waals surface area contributed by atoms with Crippen LogP contribution in [0.2, 0.25) is 0 Å². The van der Waals surface area contributed by atoms with Gasteiger partial charge in [-0.2, -0.15) is 0 Å². The predicted molar refractivity (Wildman–Crippen MR) is 80.5 cm³/mol. The third kappa shape index (κ3) is 3.55. The molecule has 0 unspecified atom stereocenters. The molecule has 0 saturated carbocycles. The first kappa shape index (κ1) is 15.4. The topological polar surface area (TPSA) is 88.2 Å². The molecule has 0 aliphatic heterocycles. The zero-order valence-corrected chi connectivity index (χ0v) is 12.7. The van der Waals surface area contributed by atoms with Crippen molar-refractivity contribution in [1.82, 2.24) is 14.8 Å². The van der Waals surface area contributed by atoms with E-state index in [0.29, 0.717) is 17.5 Å². The summed E-state index contributed by atoms with van der Waals surface area (Å²) in [6.07, 6.45) is 0.878. The van der Waals surface area contributed by atoms with Crippen molar-refractivity contribution in [3.8, 4) is 17.1 Å². The molecule has 0 radical (unpaired) electrons. The van der Waals surface area contributed by atoms with Crippen molar-refractivity contribution in [3.63, 3.8) is 0 Å². The summed E-state index contributed by atoms with van der Waals surface area (Å²) in [5.41, 5.74) is 1.56. The molecule has 0 atom stereocenters. The van der Waals surface area contributed by atoms with E-state index >= 15 is 0 Å². The van der Waals surface area contributed by atoms with E-state index < -0.39 is 5.97 Å². The summed E-state index contributed by atoms with van der Waals surface area (Å²) in [6, 6.07) is 5.34. The van der Waals surface area contributed by atoms with E-state index in [1.807, 2.05) is 30.5 Å². The van der Waals surface area contributed by atoms with Gasteiger partial charge in [-0.15, -0.1) is 10.2 Å². The maximum Gasteiger partial charge on any atom is 0.313 e. The van der Waals surface area contributed by atoms with Gasteiger partial charge in [0, 0.05) is 12.1 Å². The van der Waals surface area contributed by atoms with Crippen LogP contribution in [0, 0.1) is 6.92 Å². The van der Waals surface area contributed by atoms with E-state index in [1.165, 1.54) is 0 Å². The van der Waals surface area contributed by atoms with Gasteiger partial charge in [-0.05, 0) is 25.0 Å². The second kappa shape index (κ2) is 6.62. The summed E-state index contributed by atoms with van der Waals surface area (Å²) in [5.74, 6) is -0.0972. The third-order valence-corrected chi connectivity index (χ3v) is 3.91. The number of aliphatic carboxylic acids is 1. The number of hydrogen-bond donors (Lipinski definition) is 2. The first-order valence-corrected chi connectivity index (χ1v) is 7.59. The average Bonchev–Trinajstić information content (AvgIpc) is 2.83. The van der Waals surface area contributed by atoms with Gasteiger partial charge >= 0.3 is 5.97 Å². The minimum atomic E-state index is -0.888. The molecular weight excluding hydrogens is 290 g/mol. The number of carboxylic acid groups (broad SMARTS) is 1. The summed E-state index contributed by atoms with van der Waals surface area (Å²) in [4.78, 5) is 10.7. The molecule has 6 nitrogen and oxygen atoms in total. The molecule has 1 aromatic heterocycles. The highest BCUT2D eigenvalue weighted by Gasteiger charge is 2.15. The van der Waals surface area contributed by atoms with Crippen molar-refractivity contribution >= 4 is 17.7 Å². The zero-order valence-electron chi connectivity index (χ0n) is 11.9. The largest absolute Gasteiger partial charge is 0.508 e. The zero-order chi connectivity index (χ0) is 15.4. The lowest BCUT2D eigenvalue weighted by molar-refractivity contribution is -0.133. The van der Waals surface area contributed by atoms with Gasteiger partial charge in [-0.1, -0.05) is 30.8 Å². The van der Waals surface area contributed by atoms with E-state index in [9.17, 15) is 9.90 Å². The molecule has 1 heterocycles. The van der Waals surface area contributed by atoms with Crippen molar-refractivity contribution in [1.29, 1.82) is 0 Å². The normalized spacial score (nSPS) is 10.8. The Morgan fingerprint density at radius 1 is 1.38 bits per heavy atom. The fraction of sp³-hybridized carbons (Fsp3) is 0.357. The fourth-order valence-corrected chi connectivity index (χ4v) is 2.59. The second-order valence-corrected chi connectivity index (χ2v) is 5.58. The number of carbonyl (C=O) groups is 1. The smallest absolute Gasteiger partial charge is 0.313 e. The summed E-state index contributed by atoms with van der Waals surface area (Å²) in [5, 5.41) is 27.4. The van der Waals surface area contributed by atoms with Crippen molar-refractivity contribution in [3.05, 3.63) is 23.8 Å². The molecule has 21 heavy (non-hydrogen) atoms. The number of phenols is 1. The molecule has 1 aromatic carbocycles. The summed E-state index contributed by atoms with van der Waals surface area (Å²) in [6.45, 7) is 4.55. The van der Waals surface area contributed by atoms with Crippen LogP contribution in [0.15, 0.2) is 23.4 Å². The highest BCUT2D eigenvalue weighted by molar-refractivity contribution is 7.99. The molecule has 2 aromatic rings. The van der Waals surface area contributed by atoms with Crippen LogP contribution in [-0.4, -0.2) is 36.7 Å². The highest BCUT2D eigenvalue weighted by Crippen LogP contribution is 2.28. The van der Waals surface area contributed by atoms with Crippen molar-refractivity contribution in [2.45, 2.75) is 32.0 Å². The Balaban J connectivity index is 2.38. The Bertz CT molecular complexity index is 655. The maximum atomic E-state index is 10.7. The van der Waals surface area contributed by atoms with Gasteiger partial charge in [0.1, 0.15) is 5.75 Å². The van der Waals surface area contributed by atoms with Crippen LogP contribution in [0.4, 0.5) is 0 Å². The van der Waals surface area contributed by atoms with Crippen LogP contribution in [0.5, 0.6) is 5.75 Å². The summed E-state index contributed by atoms with van der Waals surface area (Å²) < 4.78 is 1.89. The van der Waals surface area contributed by atoms with Gasteiger partial charge < -0.3 is 14.8 Å². The lowest BCUT2D eigenvalue weighted by Crippen LogP contribution is -2.04. The van der Waals surface area contributed by atoms with E-state index in [1.54, 1.807) is 6.07 Å². The van der Waals surface area contributed by atoms with Crippen LogP contribution in [-0.2, 0) is 11.3 Å². The molecule has 7 heteroatoms. The van der Waals surface area contributed by atoms with E-state index in [0.717, 1.165) is 29.3 Å². The molecule has 2 N–H and O–H groups in total. The number of thioether (sulfide) groups is 1. The SMILES string of the molecule is CCCn1c(SCC(=O)O)nnc1-c1ccc(C)c(O)c1. The molecule has 112 valence electrons. The van der Waals surface area contributed by atoms with Crippen LogP contribution in [0.25, 0.3) is 11.4 Å². The molecule has 0 aliphatic rings. The van der Waals surface area contributed by atoms with E-state index in [2.05, 4.69) is 10.2 Å². The number of aryl methyl sites for hydroxylation is 1. The van der Waals surface area contributed by atoms with Gasteiger partial charge in [0.2, 0.25) is 0 Å². The Labute approximate surface area is 126 Å². The minimum Gasteiger partial charge on any atom is -0.508 e. The standard InChI is InChI=1S/C14H17N3O3S/c1-3-6-17-13(10-5-4-9(2)11(18)7-10)15-16-14(17)21-8-12(19)20/h4-5,7,18H,3,6,8H2,1-2H3,(H,19,20). The molecule has 0 bridgehead atoms. The molecule has 0 spiro atoms. The monoisotopic (exact) mass is 307 g/mol. The quantitative estimate of drug-likeness (QED) is 0.797. The van der Waals surface area contributed by atoms with Crippen LogP contribution in [0.1, 0.15) is 18.9 Å². The maximum absolute atomic E-state index is 10.7. The minimum absolute atomic E-state index is 0.0546.